The summed E-state index contributed by atoms with van der Waals surface area (Å²) in [5.74, 6) is 0.169. The summed E-state index contributed by atoms with van der Waals surface area (Å²) in [7, 11) is 1.97. The second-order valence-corrected chi connectivity index (χ2v) is 5.09. The molecular formula is C13H27N3O. The van der Waals surface area contributed by atoms with Crippen LogP contribution in [0, 0.1) is 0 Å². The largest absolute Gasteiger partial charge is 0.352 e. The van der Waals surface area contributed by atoms with Crippen molar-refractivity contribution >= 4 is 5.91 Å². The molecular weight excluding hydrogens is 214 g/mol. The van der Waals surface area contributed by atoms with Crippen molar-refractivity contribution in [3.05, 3.63) is 0 Å². The lowest BCUT2D eigenvalue weighted by Crippen LogP contribution is -2.51. The molecule has 1 fully saturated rings. The number of amides is 1. The molecule has 1 aliphatic heterocycles. The van der Waals surface area contributed by atoms with Crippen LogP contribution in [0.4, 0.5) is 0 Å². The van der Waals surface area contributed by atoms with Gasteiger partial charge in [0.1, 0.15) is 0 Å². The third-order valence-electron chi connectivity index (χ3n) is 3.74. The van der Waals surface area contributed by atoms with E-state index in [9.17, 15) is 4.79 Å². The van der Waals surface area contributed by atoms with Crippen LogP contribution in [0.25, 0.3) is 0 Å². The standard InChI is InChI=1S/C13H27N3O/c1-5-10(2)15-13(17)11(3)16-8-6-7-12(16)9-14-4/h10-12,14H,5-9H2,1-4H3,(H,15,17). The van der Waals surface area contributed by atoms with Crippen molar-refractivity contribution in [2.24, 2.45) is 0 Å². The summed E-state index contributed by atoms with van der Waals surface area (Å²) >= 11 is 0. The summed E-state index contributed by atoms with van der Waals surface area (Å²) in [6.45, 7) is 8.18. The molecule has 4 heteroatoms. The molecule has 0 aromatic rings. The SMILES string of the molecule is CCC(C)NC(=O)C(C)N1CCCC1CNC. The van der Waals surface area contributed by atoms with Gasteiger partial charge in [-0.25, -0.2) is 0 Å². The number of hydrogen-bond acceptors (Lipinski definition) is 3. The van der Waals surface area contributed by atoms with Crippen molar-refractivity contribution < 1.29 is 4.79 Å². The molecule has 4 nitrogen and oxygen atoms in total. The Morgan fingerprint density at radius 2 is 2.18 bits per heavy atom. The molecule has 1 saturated heterocycles. The van der Waals surface area contributed by atoms with Crippen molar-refractivity contribution in [2.75, 3.05) is 20.1 Å². The topological polar surface area (TPSA) is 44.4 Å². The van der Waals surface area contributed by atoms with E-state index in [1.807, 2.05) is 14.0 Å². The average molecular weight is 241 g/mol. The highest BCUT2D eigenvalue weighted by Gasteiger charge is 2.31. The van der Waals surface area contributed by atoms with Gasteiger partial charge in [0.05, 0.1) is 6.04 Å². The maximum atomic E-state index is 12.1. The van der Waals surface area contributed by atoms with E-state index in [2.05, 4.69) is 29.4 Å². The minimum Gasteiger partial charge on any atom is -0.352 e. The van der Waals surface area contributed by atoms with Gasteiger partial charge in [0, 0.05) is 18.6 Å². The Kier molecular flexibility index (Phi) is 5.92. The number of likely N-dealkylation sites (tertiary alicyclic amines) is 1. The fourth-order valence-corrected chi connectivity index (χ4v) is 2.44. The van der Waals surface area contributed by atoms with Crippen molar-refractivity contribution in [3.63, 3.8) is 0 Å². The molecule has 3 unspecified atom stereocenters. The first kappa shape index (κ1) is 14.5. The highest BCUT2D eigenvalue weighted by Crippen LogP contribution is 2.19. The van der Waals surface area contributed by atoms with Crippen LogP contribution in [-0.4, -0.2) is 49.1 Å². The summed E-state index contributed by atoms with van der Waals surface area (Å²) in [5.41, 5.74) is 0. The molecule has 0 aliphatic carbocycles. The second-order valence-electron chi connectivity index (χ2n) is 5.09. The van der Waals surface area contributed by atoms with Gasteiger partial charge in [-0.1, -0.05) is 6.92 Å². The van der Waals surface area contributed by atoms with E-state index >= 15 is 0 Å². The van der Waals surface area contributed by atoms with Crippen molar-refractivity contribution in [3.8, 4) is 0 Å². The first-order valence-corrected chi connectivity index (χ1v) is 6.80. The molecule has 1 heterocycles. The predicted octanol–water partition coefficient (Wildman–Crippen LogP) is 0.973. The number of hydrogen-bond donors (Lipinski definition) is 2. The van der Waals surface area contributed by atoms with Gasteiger partial charge >= 0.3 is 0 Å². The van der Waals surface area contributed by atoms with Gasteiger partial charge in [0.25, 0.3) is 0 Å². The van der Waals surface area contributed by atoms with Crippen molar-refractivity contribution in [1.82, 2.24) is 15.5 Å². The number of nitrogens with zero attached hydrogens (tertiary/aromatic N) is 1. The summed E-state index contributed by atoms with van der Waals surface area (Å²) in [5, 5.41) is 6.28. The highest BCUT2D eigenvalue weighted by molar-refractivity contribution is 5.81. The molecule has 1 amide bonds. The van der Waals surface area contributed by atoms with Gasteiger partial charge in [-0.15, -0.1) is 0 Å². The van der Waals surface area contributed by atoms with Crippen LogP contribution < -0.4 is 10.6 Å². The Bertz CT molecular complexity index is 245. The summed E-state index contributed by atoms with van der Waals surface area (Å²) in [4.78, 5) is 14.4. The second kappa shape index (κ2) is 6.97. The monoisotopic (exact) mass is 241 g/mol. The Labute approximate surface area is 105 Å². The van der Waals surface area contributed by atoms with Crippen LogP contribution in [0.2, 0.25) is 0 Å². The van der Waals surface area contributed by atoms with E-state index in [4.69, 9.17) is 0 Å². The number of nitrogens with one attached hydrogen (secondary N) is 2. The fraction of sp³-hybridized carbons (Fsp3) is 0.923. The average Bonchev–Trinajstić information content (AvgIpc) is 2.76. The first-order chi connectivity index (χ1) is 8.10. The van der Waals surface area contributed by atoms with Gasteiger partial charge in [0.15, 0.2) is 0 Å². The van der Waals surface area contributed by atoms with Gasteiger partial charge in [-0.3, -0.25) is 9.69 Å². The molecule has 0 saturated carbocycles. The zero-order chi connectivity index (χ0) is 12.8. The van der Waals surface area contributed by atoms with Crippen LogP contribution in [0.15, 0.2) is 0 Å². The molecule has 0 spiro atoms. The molecule has 0 radical (unpaired) electrons. The number of likely N-dealkylation sites (N-methyl/N-ethyl adjacent to an activating group) is 1. The van der Waals surface area contributed by atoms with Crippen LogP contribution in [0.3, 0.4) is 0 Å². The van der Waals surface area contributed by atoms with Crippen LogP contribution in [-0.2, 0) is 4.79 Å². The Hall–Kier alpha value is -0.610. The zero-order valence-corrected chi connectivity index (χ0v) is 11.6. The molecule has 3 atom stereocenters. The van der Waals surface area contributed by atoms with Gasteiger partial charge in [-0.2, -0.15) is 0 Å². The lowest BCUT2D eigenvalue weighted by atomic mass is 10.1. The Morgan fingerprint density at radius 3 is 2.76 bits per heavy atom. The Balaban J connectivity index is 2.50. The minimum atomic E-state index is -0.00940. The van der Waals surface area contributed by atoms with E-state index < -0.39 is 0 Å². The normalized spacial score (nSPS) is 24.6. The number of carbonyl (C=O) groups is 1. The third-order valence-corrected chi connectivity index (χ3v) is 3.74. The van der Waals surface area contributed by atoms with Gasteiger partial charge < -0.3 is 10.6 Å². The summed E-state index contributed by atoms with van der Waals surface area (Å²) in [6, 6.07) is 0.776. The van der Waals surface area contributed by atoms with Crippen LogP contribution in [0.5, 0.6) is 0 Å². The Morgan fingerprint density at radius 1 is 1.47 bits per heavy atom. The fourth-order valence-electron chi connectivity index (χ4n) is 2.44. The van der Waals surface area contributed by atoms with Gasteiger partial charge in [0.2, 0.25) is 5.91 Å². The first-order valence-electron chi connectivity index (χ1n) is 6.80. The predicted molar refractivity (Wildman–Crippen MR) is 71.0 cm³/mol. The molecule has 100 valence electrons. The third kappa shape index (κ3) is 3.96. The van der Waals surface area contributed by atoms with Crippen molar-refractivity contribution in [1.29, 1.82) is 0 Å². The maximum Gasteiger partial charge on any atom is 0.237 e. The smallest absolute Gasteiger partial charge is 0.237 e. The highest BCUT2D eigenvalue weighted by atomic mass is 16.2. The van der Waals surface area contributed by atoms with E-state index in [-0.39, 0.29) is 18.0 Å². The molecule has 0 aromatic heterocycles. The lowest BCUT2D eigenvalue weighted by Gasteiger charge is -2.30. The quantitative estimate of drug-likeness (QED) is 0.728. The maximum absolute atomic E-state index is 12.1. The molecule has 1 rings (SSSR count). The molecule has 0 bridgehead atoms. The van der Waals surface area contributed by atoms with E-state index in [0.717, 1.165) is 19.5 Å². The van der Waals surface area contributed by atoms with Crippen LogP contribution >= 0.6 is 0 Å². The molecule has 0 aromatic carbocycles. The van der Waals surface area contributed by atoms with E-state index in [1.54, 1.807) is 0 Å². The summed E-state index contributed by atoms with van der Waals surface area (Å²) in [6.07, 6.45) is 3.38. The number of rotatable bonds is 6. The number of carbonyl (C=O) groups excluding carboxylic acids is 1. The van der Waals surface area contributed by atoms with Crippen LogP contribution in [0.1, 0.15) is 40.0 Å². The van der Waals surface area contributed by atoms with E-state index in [0.29, 0.717) is 6.04 Å². The van der Waals surface area contributed by atoms with Gasteiger partial charge in [-0.05, 0) is 46.7 Å². The minimum absolute atomic E-state index is 0.00940. The molecule has 2 N–H and O–H groups in total. The lowest BCUT2D eigenvalue weighted by molar-refractivity contribution is -0.126. The van der Waals surface area contributed by atoms with Crippen molar-refractivity contribution in [2.45, 2.75) is 58.2 Å². The van der Waals surface area contributed by atoms with E-state index in [1.165, 1.54) is 12.8 Å². The molecule has 1 aliphatic rings. The zero-order valence-electron chi connectivity index (χ0n) is 11.6. The summed E-state index contributed by atoms with van der Waals surface area (Å²) < 4.78 is 0. The molecule has 17 heavy (non-hydrogen) atoms.